The van der Waals surface area contributed by atoms with Gasteiger partial charge in [-0.1, -0.05) is 17.7 Å². The molecule has 4 heteroatoms. The molecule has 0 fully saturated rings. The average molecular weight is 215 g/mol. The molecule has 1 rings (SSSR count). The first-order valence-corrected chi connectivity index (χ1v) is 4.86. The van der Waals surface area contributed by atoms with E-state index in [2.05, 4.69) is 0 Å². The molecule has 0 amide bonds. The Hall–Kier alpha value is -0.770. The van der Waals surface area contributed by atoms with E-state index in [1.54, 1.807) is 13.2 Å². The van der Waals surface area contributed by atoms with Gasteiger partial charge < -0.3 is 16.2 Å². The van der Waals surface area contributed by atoms with E-state index in [0.717, 1.165) is 12.0 Å². The molecule has 4 N–H and O–H groups in total. The van der Waals surface area contributed by atoms with Gasteiger partial charge in [0, 0.05) is 6.04 Å². The third-order valence-electron chi connectivity index (χ3n) is 2.08. The zero-order valence-electron chi connectivity index (χ0n) is 8.16. The Morgan fingerprint density at radius 1 is 1.50 bits per heavy atom. The van der Waals surface area contributed by atoms with E-state index in [1.165, 1.54) is 0 Å². The highest BCUT2D eigenvalue weighted by atomic mass is 35.5. The molecule has 3 nitrogen and oxygen atoms in total. The highest BCUT2D eigenvalue weighted by molar-refractivity contribution is 6.32. The van der Waals surface area contributed by atoms with Crippen LogP contribution in [0.1, 0.15) is 18.0 Å². The van der Waals surface area contributed by atoms with E-state index in [4.69, 9.17) is 27.8 Å². The number of rotatable bonds is 4. The van der Waals surface area contributed by atoms with Gasteiger partial charge in [0.1, 0.15) is 5.75 Å². The zero-order chi connectivity index (χ0) is 10.6. The fourth-order valence-corrected chi connectivity index (χ4v) is 1.45. The second kappa shape index (κ2) is 5.20. The third-order valence-corrected chi connectivity index (χ3v) is 2.39. The predicted molar refractivity (Wildman–Crippen MR) is 58.6 cm³/mol. The van der Waals surface area contributed by atoms with Gasteiger partial charge in [-0.15, -0.1) is 0 Å². The van der Waals surface area contributed by atoms with Crippen LogP contribution in [0.2, 0.25) is 5.02 Å². The molecule has 0 heterocycles. The van der Waals surface area contributed by atoms with E-state index >= 15 is 0 Å². The molecule has 0 radical (unpaired) electrons. The number of hydrogen-bond acceptors (Lipinski definition) is 3. The summed E-state index contributed by atoms with van der Waals surface area (Å²) in [7, 11) is 1.58. The van der Waals surface area contributed by atoms with Gasteiger partial charge in [-0.05, 0) is 30.7 Å². The van der Waals surface area contributed by atoms with E-state index in [1.807, 2.05) is 12.1 Å². The van der Waals surface area contributed by atoms with Gasteiger partial charge in [-0.25, -0.2) is 0 Å². The van der Waals surface area contributed by atoms with Gasteiger partial charge in [-0.2, -0.15) is 0 Å². The van der Waals surface area contributed by atoms with Crippen molar-refractivity contribution < 1.29 is 4.74 Å². The summed E-state index contributed by atoms with van der Waals surface area (Å²) in [4.78, 5) is 0. The van der Waals surface area contributed by atoms with Crippen LogP contribution in [-0.2, 0) is 0 Å². The van der Waals surface area contributed by atoms with E-state index in [-0.39, 0.29) is 6.04 Å². The molecule has 1 aromatic rings. The first-order valence-electron chi connectivity index (χ1n) is 4.48. The Morgan fingerprint density at radius 2 is 2.21 bits per heavy atom. The molecule has 0 bridgehead atoms. The summed E-state index contributed by atoms with van der Waals surface area (Å²) in [5.74, 6) is 0.650. The van der Waals surface area contributed by atoms with Crippen LogP contribution in [0.3, 0.4) is 0 Å². The maximum atomic E-state index is 5.90. The second-order valence-corrected chi connectivity index (χ2v) is 3.49. The Bertz CT molecular complexity index is 304. The van der Waals surface area contributed by atoms with Crippen LogP contribution < -0.4 is 16.2 Å². The highest BCUT2D eigenvalue weighted by Gasteiger charge is 2.08. The molecular weight excluding hydrogens is 200 g/mol. The molecule has 0 aliphatic heterocycles. The lowest BCUT2D eigenvalue weighted by Gasteiger charge is -2.12. The van der Waals surface area contributed by atoms with Crippen molar-refractivity contribution in [3.8, 4) is 5.75 Å². The molecule has 0 saturated heterocycles. The van der Waals surface area contributed by atoms with Crippen molar-refractivity contribution in [3.63, 3.8) is 0 Å². The summed E-state index contributed by atoms with van der Waals surface area (Å²) < 4.78 is 5.10. The van der Waals surface area contributed by atoms with Gasteiger partial charge in [0.05, 0.1) is 12.1 Å². The first-order chi connectivity index (χ1) is 6.69. The van der Waals surface area contributed by atoms with Crippen molar-refractivity contribution in [2.24, 2.45) is 11.5 Å². The number of halogens is 1. The summed E-state index contributed by atoms with van der Waals surface area (Å²) in [5, 5.41) is 0.594. The first kappa shape index (κ1) is 11.3. The second-order valence-electron chi connectivity index (χ2n) is 3.08. The third kappa shape index (κ3) is 2.61. The summed E-state index contributed by atoms with van der Waals surface area (Å²) in [6, 6.07) is 5.48. The van der Waals surface area contributed by atoms with Gasteiger partial charge in [0.15, 0.2) is 0 Å². The predicted octanol–water partition coefficient (Wildman–Crippen LogP) is 1.70. The molecule has 0 aromatic heterocycles. The summed E-state index contributed by atoms with van der Waals surface area (Å²) in [5.41, 5.74) is 12.3. The largest absolute Gasteiger partial charge is 0.495 e. The number of methoxy groups -OCH3 is 1. The average Bonchev–Trinajstić information content (AvgIpc) is 2.19. The summed E-state index contributed by atoms with van der Waals surface area (Å²) >= 11 is 5.89. The van der Waals surface area contributed by atoms with Crippen LogP contribution in [0, 0.1) is 0 Å². The fourth-order valence-electron chi connectivity index (χ4n) is 1.25. The monoisotopic (exact) mass is 214 g/mol. The van der Waals surface area contributed by atoms with Crippen LogP contribution in [-0.4, -0.2) is 13.7 Å². The number of nitrogens with two attached hydrogens (primary N) is 2. The summed E-state index contributed by atoms with van der Waals surface area (Å²) in [6.07, 6.45) is 0.755. The molecule has 78 valence electrons. The Labute approximate surface area is 89.0 Å². The molecular formula is C10H15ClN2O. The lowest BCUT2D eigenvalue weighted by molar-refractivity contribution is 0.414. The topological polar surface area (TPSA) is 61.3 Å². The van der Waals surface area contributed by atoms with Gasteiger partial charge in [0.2, 0.25) is 0 Å². The molecule has 1 atom stereocenters. The SMILES string of the molecule is COc1cc([C@H](N)CCN)ccc1Cl. The van der Waals surface area contributed by atoms with E-state index in [9.17, 15) is 0 Å². The molecule has 0 aliphatic rings. The van der Waals surface area contributed by atoms with Gasteiger partial charge in [-0.3, -0.25) is 0 Å². The normalized spacial score (nSPS) is 12.6. The molecule has 14 heavy (non-hydrogen) atoms. The lowest BCUT2D eigenvalue weighted by Crippen LogP contribution is -2.15. The van der Waals surface area contributed by atoms with Crippen LogP contribution in [0.15, 0.2) is 18.2 Å². The Morgan fingerprint density at radius 3 is 2.79 bits per heavy atom. The van der Waals surface area contributed by atoms with Gasteiger partial charge >= 0.3 is 0 Å². The maximum Gasteiger partial charge on any atom is 0.137 e. The summed E-state index contributed by atoms with van der Waals surface area (Å²) in [6.45, 7) is 0.576. The van der Waals surface area contributed by atoms with E-state index in [0.29, 0.717) is 17.3 Å². The standard InChI is InChI=1S/C10H15ClN2O/c1-14-10-6-7(2-3-8(10)11)9(13)4-5-12/h2-3,6,9H,4-5,12-13H2,1H3/t9-/m1/s1. The van der Waals surface area contributed by atoms with Crippen molar-refractivity contribution in [2.75, 3.05) is 13.7 Å². The zero-order valence-corrected chi connectivity index (χ0v) is 8.92. The molecule has 0 spiro atoms. The Balaban J connectivity index is 2.88. The maximum absolute atomic E-state index is 5.90. The smallest absolute Gasteiger partial charge is 0.137 e. The van der Waals surface area contributed by atoms with Gasteiger partial charge in [0.25, 0.3) is 0 Å². The van der Waals surface area contributed by atoms with E-state index < -0.39 is 0 Å². The quantitative estimate of drug-likeness (QED) is 0.802. The van der Waals surface area contributed by atoms with Crippen LogP contribution in [0.5, 0.6) is 5.75 Å². The molecule has 0 aliphatic carbocycles. The molecule has 0 saturated carbocycles. The minimum Gasteiger partial charge on any atom is -0.495 e. The minimum absolute atomic E-state index is 0.0498. The van der Waals surface area contributed by atoms with Crippen molar-refractivity contribution in [1.82, 2.24) is 0 Å². The number of ether oxygens (including phenoxy) is 1. The van der Waals surface area contributed by atoms with Crippen molar-refractivity contribution in [3.05, 3.63) is 28.8 Å². The number of hydrogen-bond donors (Lipinski definition) is 2. The van der Waals surface area contributed by atoms with Crippen LogP contribution >= 0.6 is 11.6 Å². The van der Waals surface area contributed by atoms with Crippen molar-refractivity contribution in [1.29, 1.82) is 0 Å². The minimum atomic E-state index is -0.0498. The number of benzene rings is 1. The van der Waals surface area contributed by atoms with Crippen LogP contribution in [0.4, 0.5) is 0 Å². The van der Waals surface area contributed by atoms with Crippen molar-refractivity contribution >= 4 is 11.6 Å². The van der Waals surface area contributed by atoms with Crippen LogP contribution in [0.25, 0.3) is 0 Å². The lowest BCUT2D eigenvalue weighted by atomic mass is 10.0. The molecule has 0 unspecified atom stereocenters. The highest BCUT2D eigenvalue weighted by Crippen LogP contribution is 2.27. The molecule has 1 aromatic carbocycles. The van der Waals surface area contributed by atoms with Crippen molar-refractivity contribution in [2.45, 2.75) is 12.5 Å². The fraction of sp³-hybridized carbons (Fsp3) is 0.400. The Kier molecular flexibility index (Phi) is 4.20.